The number of ether oxygens (including phenoxy) is 1. The molecule has 158 valence electrons. The fourth-order valence-electron chi connectivity index (χ4n) is 4.84. The molecule has 0 bridgehead atoms. The van der Waals surface area contributed by atoms with E-state index in [1.165, 1.54) is 6.42 Å². The summed E-state index contributed by atoms with van der Waals surface area (Å²) in [5.41, 5.74) is 0.809. The van der Waals surface area contributed by atoms with Crippen LogP contribution in [0.2, 0.25) is 0 Å². The molecule has 3 atom stereocenters. The van der Waals surface area contributed by atoms with E-state index in [4.69, 9.17) is 4.74 Å². The summed E-state index contributed by atoms with van der Waals surface area (Å²) in [5.74, 6) is 0.373. The van der Waals surface area contributed by atoms with Crippen molar-refractivity contribution in [1.82, 2.24) is 14.8 Å². The standard InChI is InChI=1S/C22H31N3O3S/c1-15-7-4-5-8-16(15)23-21(27)22(2)14-24-17-9-12-29-19(17)13-18(24)20(26)25(22)10-6-11-28-3/h9,12-13,15-16H,4-8,10-11,14H2,1-3H3,(H,23,27)/t15-,16-,22+/m0/s1. The van der Waals surface area contributed by atoms with E-state index in [-0.39, 0.29) is 17.9 Å². The van der Waals surface area contributed by atoms with Crippen molar-refractivity contribution < 1.29 is 14.3 Å². The molecule has 2 aliphatic rings. The fourth-order valence-corrected chi connectivity index (χ4v) is 5.67. The van der Waals surface area contributed by atoms with Gasteiger partial charge < -0.3 is 19.5 Å². The van der Waals surface area contributed by atoms with Gasteiger partial charge in [-0.2, -0.15) is 0 Å². The Morgan fingerprint density at radius 2 is 2.17 bits per heavy atom. The lowest BCUT2D eigenvalue weighted by molar-refractivity contribution is -0.134. The number of nitrogens with one attached hydrogen (secondary N) is 1. The van der Waals surface area contributed by atoms with Gasteiger partial charge in [-0.25, -0.2) is 0 Å². The number of carbonyl (C=O) groups excluding carboxylic acids is 2. The zero-order chi connectivity index (χ0) is 20.6. The van der Waals surface area contributed by atoms with Gasteiger partial charge in [-0.15, -0.1) is 11.3 Å². The lowest BCUT2D eigenvalue weighted by Crippen LogP contribution is -2.65. The van der Waals surface area contributed by atoms with Crippen LogP contribution in [0.5, 0.6) is 0 Å². The van der Waals surface area contributed by atoms with Crippen molar-refractivity contribution in [1.29, 1.82) is 0 Å². The number of nitrogens with zero attached hydrogens (tertiary/aromatic N) is 2. The summed E-state index contributed by atoms with van der Waals surface area (Å²) in [4.78, 5) is 28.8. The van der Waals surface area contributed by atoms with Crippen LogP contribution in [0.4, 0.5) is 0 Å². The van der Waals surface area contributed by atoms with Crippen LogP contribution < -0.4 is 5.32 Å². The molecule has 0 spiro atoms. The SMILES string of the molecule is COCCCN1C(=O)c2cc3sccc3n2C[C@]1(C)C(=O)N[C@H]1CCCC[C@@H]1C. The summed E-state index contributed by atoms with van der Waals surface area (Å²) in [6.07, 6.45) is 5.26. The van der Waals surface area contributed by atoms with Crippen LogP contribution in [0, 0.1) is 5.92 Å². The van der Waals surface area contributed by atoms with E-state index < -0.39 is 5.54 Å². The molecule has 0 saturated heterocycles. The molecule has 1 aliphatic heterocycles. The number of methoxy groups -OCH3 is 1. The molecule has 2 amide bonds. The lowest BCUT2D eigenvalue weighted by Gasteiger charge is -2.45. The maximum Gasteiger partial charge on any atom is 0.271 e. The number of rotatable bonds is 6. The summed E-state index contributed by atoms with van der Waals surface area (Å²) in [6.45, 7) is 5.69. The van der Waals surface area contributed by atoms with Crippen LogP contribution in [-0.2, 0) is 16.1 Å². The number of hydrogen-bond donors (Lipinski definition) is 1. The summed E-state index contributed by atoms with van der Waals surface area (Å²) in [7, 11) is 1.66. The third kappa shape index (κ3) is 3.59. The quantitative estimate of drug-likeness (QED) is 0.730. The van der Waals surface area contributed by atoms with Crippen molar-refractivity contribution in [3.05, 3.63) is 23.2 Å². The second kappa shape index (κ2) is 8.11. The van der Waals surface area contributed by atoms with Crippen molar-refractivity contribution in [2.75, 3.05) is 20.3 Å². The molecular formula is C22H31N3O3S. The Hall–Kier alpha value is -1.86. The number of thiophene rings is 1. The molecule has 1 saturated carbocycles. The van der Waals surface area contributed by atoms with Gasteiger partial charge in [0.15, 0.2) is 0 Å². The van der Waals surface area contributed by atoms with Gasteiger partial charge in [-0.05, 0) is 49.6 Å². The summed E-state index contributed by atoms with van der Waals surface area (Å²) in [6, 6.07) is 4.20. The van der Waals surface area contributed by atoms with Crippen molar-refractivity contribution in [3.8, 4) is 0 Å². The number of carbonyl (C=O) groups is 2. The summed E-state index contributed by atoms with van der Waals surface area (Å²) >= 11 is 1.63. The molecule has 29 heavy (non-hydrogen) atoms. The van der Waals surface area contributed by atoms with Gasteiger partial charge in [0.05, 0.1) is 16.8 Å². The number of fused-ring (bicyclic) bond motifs is 3. The van der Waals surface area contributed by atoms with E-state index >= 15 is 0 Å². The lowest BCUT2D eigenvalue weighted by atomic mass is 9.85. The maximum absolute atomic E-state index is 13.6. The maximum atomic E-state index is 13.6. The first-order chi connectivity index (χ1) is 14.0. The van der Waals surface area contributed by atoms with Crippen LogP contribution in [0.1, 0.15) is 56.4 Å². The number of amides is 2. The average Bonchev–Trinajstić information content (AvgIpc) is 3.28. The van der Waals surface area contributed by atoms with E-state index in [0.29, 0.717) is 37.7 Å². The third-order valence-electron chi connectivity index (χ3n) is 6.70. The molecule has 1 fully saturated rings. The zero-order valence-electron chi connectivity index (χ0n) is 17.6. The smallest absolute Gasteiger partial charge is 0.271 e. The largest absolute Gasteiger partial charge is 0.385 e. The molecular weight excluding hydrogens is 386 g/mol. The second-order valence-electron chi connectivity index (χ2n) is 8.70. The Morgan fingerprint density at radius 1 is 1.38 bits per heavy atom. The Balaban J connectivity index is 1.66. The first-order valence-electron chi connectivity index (χ1n) is 10.6. The van der Waals surface area contributed by atoms with Gasteiger partial charge in [0.1, 0.15) is 11.2 Å². The van der Waals surface area contributed by atoms with Crippen molar-refractivity contribution >= 4 is 33.4 Å². The van der Waals surface area contributed by atoms with E-state index in [9.17, 15) is 9.59 Å². The van der Waals surface area contributed by atoms with Gasteiger partial charge in [-0.3, -0.25) is 9.59 Å². The average molecular weight is 418 g/mol. The van der Waals surface area contributed by atoms with Crippen LogP contribution in [0.15, 0.2) is 17.5 Å². The van der Waals surface area contributed by atoms with Gasteiger partial charge in [-0.1, -0.05) is 19.8 Å². The highest BCUT2D eigenvalue weighted by Crippen LogP contribution is 2.35. The van der Waals surface area contributed by atoms with E-state index in [1.54, 1.807) is 23.3 Å². The van der Waals surface area contributed by atoms with E-state index in [0.717, 1.165) is 29.5 Å². The minimum Gasteiger partial charge on any atom is -0.385 e. The Kier molecular flexibility index (Phi) is 5.71. The Labute approximate surface area is 176 Å². The van der Waals surface area contributed by atoms with Crippen LogP contribution >= 0.6 is 11.3 Å². The van der Waals surface area contributed by atoms with Crippen LogP contribution in [0.25, 0.3) is 10.2 Å². The van der Waals surface area contributed by atoms with E-state index in [2.05, 4.69) is 12.2 Å². The monoisotopic (exact) mass is 417 g/mol. The van der Waals surface area contributed by atoms with Crippen LogP contribution in [-0.4, -0.2) is 53.1 Å². The molecule has 6 nitrogen and oxygen atoms in total. The van der Waals surface area contributed by atoms with E-state index in [1.807, 2.05) is 29.0 Å². The topological polar surface area (TPSA) is 63.6 Å². The molecule has 0 radical (unpaired) electrons. The van der Waals surface area contributed by atoms with Gasteiger partial charge >= 0.3 is 0 Å². The molecule has 1 N–H and O–H groups in total. The summed E-state index contributed by atoms with van der Waals surface area (Å²) in [5, 5.41) is 5.35. The highest BCUT2D eigenvalue weighted by molar-refractivity contribution is 7.17. The Morgan fingerprint density at radius 3 is 2.93 bits per heavy atom. The van der Waals surface area contributed by atoms with Crippen molar-refractivity contribution in [2.45, 2.75) is 64.1 Å². The minimum absolute atomic E-state index is 0.0373. The van der Waals surface area contributed by atoms with Crippen molar-refractivity contribution in [3.63, 3.8) is 0 Å². The second-order valence-corrected chi connectivity index (χ2v) is 9.65. The van der Waals surface area contributed by atoms with Crippen molar-refractivity contribution in [2.24, 2.45) is 5.92 Å². The number of hydrogen-bond acceptors (Lipinski definition) is 4. The number of aromatic nitrogens is 1. The highest BCUT2D eigenvalue weighted by Gasteiger charge is 2.48. The van der Waals surface area contributed by atoms with Crippen LogP contribution in [0.3, 0.4) is 0 Å². The molecule has 1 aliphatic carbocycles. The minimum atomic E-state index is -0.914. The highest BCUT2D eigenvalue weighted by atomic mass is 32.1. The molecule has 3 heterocycles. The van der Waals surface area contributed by atoms with Gasteiger partial charge in [0.2, 0.25) is 5.91 Å². The zero-order valence-corrected chi connectivity index (χ0v) is 18.4. The molecule has 7 heteroatoms. The molecule has 0 unspecified atom stereocenters. The predicted octanol–water partition coefficient (Wildman–Crippen LogP) is 3.65. The molecule has 0 aromatic carbocycles. The summed E-state index contributed by atoms with van der Waals surface area (Å²) < 4.78 is 8.32. The predicted molar refractivity (Wildman–Crippen MR) is 115 cm³/mol. The molecule has 4 rings (SSSR count). The molecule has 2 aromatic rings. The third-order valence-corrected chi connectivity index (χ3v) is 7.55. The van der Waals surface area contributed by atoms with Gasteiger partial charge in [0, 0.05) is 26.3 Å². The van der Waals surface area contributed by atoms with Gasteiger partial charge in [0.25, 0.3) is 5.91 Å². The Bertz CT molecular complexity index is 904. The molecule has 2 aromatic heterocycles. The first kappa shape index (κ1) is 20.4. The first-order valence-corrected chi connectivity index (χ1v) is 11.5. The normalized spacial score (nSPS) is 27.3. The fraction of sp³-hybridized carbons (Fsp3) is 0.636.